The van der Waals surface area contributed by atoms with Gasteiger partial charge in [-0.1, -0.05) is 13.0 Å². The maximum Gasteiger partial charge on any atom is 0.263 e. The van der Waals surface area contributed by atoms with Crippen molar-refractivity contribution in [2.24, 2.45) is 0 Å². The normalized spacial score (nSPS) is 12.5. The smallest absolute Gasteiger partial charge is 0.263 e. The zero-order chi connectivity index (χ0) is 14.8. The molecule has 0 radical (unpaired) electrons. The Kier molecular flexibility index (Phi) is 3.48. The van der Waals surface area contributed by atoms with Crippen molar-refractivity contribution in [1.82, 2.24) is 19.5 Å². The fourth-order valence-corrected chi connectivity index (χ4v) is 2.43. The number of aryl methyl sites for hydroxylation is 1. The Labute approximate surface area is 122 Å². The first kappa shape index (κ1) is 13.4. The molecule has 106 valence electrons. The van der Waals surface area contributed by atoms with E-state index in [2.05, 4.69) is 15.0 Å². The summed E-state index contributed by atoms with van der Waals surface area (Å²) in [5.41, 5.74) is 2.55. The van der Waals surface area contributed by atoms with E-state index >= 15 is 0 Å². The summed E-state index contributed by atoms with van der Waals surface area (Å²) in [7, 11) is 0. The van der Waals surface area contributed by atoms with Crippen LogP contribution in [-0.2, 0) is 0 Å². The van der Waals surface area contributed by atoms with Crippen molar-refractivity contribution in [3.8, 4) is 0 Å². The van der Waals surface area contributed by atoms with Crippen LogP contribution in [0.25, 0.3) is 10.9 Å². The van der Waals surface area contributed by atoms with Crippen molar-refractivity contribution in [3.05, 3.63) is 64.7 Å². The summed E-state index contributed by atoms with van der Waals surface area (Å²) in [6.07, 6.45) is 7.39. The van der Waals surface area contributed by atoms with Gasteiger partial charge in [0.05, 0.1) is 29.0 Å². The lowest BCUT2D eigenvalue weighted by Gasteiger charge is -2.17. The quantitative estimate of drug-likeness (QED) is 0.739. The number of nitrogens with zero attached hydrogens (tertiary/aromatic N) is 4. The van der Waals surface area contributed by atoms with Gasteiger partial charge in [-0.05, 0) is 31.0 Å². The van der Waals surface area contributed by atoms with Gasteiger partial charge in [-0.25, -0.2) is 4.98 Å². The third kappa shape index (κ3) is 2.42. The first-order chi connectivity index (χ1) is 10.2. The third-order valence-corrected chi connectivity index (χ3v) is 3.58. The molecule has 0 unspecified atom stereocenters. The lowest BCUT2D eigenvalue weighted by molar-refractivity contribution is 0.531. The standard InChI is InChI=1S/C16H16N4O/c1-3-15(14-5-4-11(2)8-18-14)20-10-19-13-6-7-17-9-12(13)16(20)21/h4-10,15H,3H2,1-2H3/t15-/m1/s1. The van der Waals surface area contributed by atoms with Crippen molar-refractivity contribution in [2.75, 3.05) is 0 Å². The highest BCUT2D eigenvalue weighted by molar-refractivity contribution is 5.75. The van der Waals surface area contributed by atoms with Gasteiger partial charge in [0.2, 0.25) is 0 Å². The van der Waals surface area contributed by atoms with Crippen molar-refractivity contribution in [3.63, 3.8) is 0 Å². The van der Waals surface area contributed by atoms with E-state index in [0.717, 1.165) is 17.7 Å². The molecule has 0 amide bonds. The van der Waals surface area contributed by atoms with Gasteiger partial charge >= 0.3 is 0 Å². The van der Waals surface area contributed by atoms with Gasteiger partial charge in [-0.3, -0.25) is 19.3 Å². The lowest BCUT2D eigenvalue weighted by atomic mass is 10.1. The molecule has 3 heterocycles. The van der Waals surface area contributed by atoms with Crippen LogP contribution >= 0.6 is 0 Å². The van der Waals surface area contributed by atoms with Crippen LogP contribution in [0.3, 0.4) is 0 Å². The summed E-state index contributed by atoms with van der Waals surface area (Å²) in [4.78, 5) is 25.4. The van der Waals surface area contributed by atoms with Crippen LogP contribution in [0.5, 0.6) is 0 Å². The molecule has 0 N–H and O–H groups in total. The second-order valence-electron chi connectivity index (χ2n) is 5.03. The number of aromatic nitrogens is 4. The molecule has 0 aliphatic rings. The van der Waals surface area contributed by atoms with Crippen LogP contribution < -0.4 is 5.56 Å². The van der Waals surface area contributed by atoms with Crippen LogP contribution in [0.15, 0.2) is 47.9 Å². The Bertz CT molecular complexity index is 824. The van der Waals surface area contributed by atoms with E-state index in [-0.39, 0.29) is 11.6 Å². The maximum absolute atomic E-state index is 12.6. The highest BCUT2D eigenvalue weighted by Crippen LogP contribution is 2.19. The number of fused-ring (bicyclic) bond motifs is 1. The third-order valence-electron chi connectivity index (χ3n) is 3.58. The molecule has 5 heteroatoms. The molecule has 0 aliphatic heterocycles. The number of pyridine rings is 2. The van der Waals surface area contributed by atoms with E-state index in [0.29, 0.717) is 10.9 Å². The molecule has 0 saturated carbocycles. The molecule has 0 fully saturated rings. The van der Waals surface area contributed by atoms with Gasteiger partial charge in [0.15, 0.2) is 0 Å². The monoisotopic (exact) mass is 280 g/mol. The van der Waals surface area contributed by atoms with Gasteiger partial charge in [0, 0.05) is 18.6 Å². The van der Waals surface area contributed by atoms with Crippen LogP contribution in [0.1, 0.15) is 30.6 Å². The van der Waals surface area contributed by atoms with Gasteiger partial charge in [-0.15, -0.1) is 0 Å². The van der Waals surface area contributed by atoms with E-state index in [9.17, 15) is 4.79 Å². The lowest BCUT2D eigenvalue weighted by Crippen LogP contribution is -2.26. The minimum atomic E-state index is -0.116. The maximum atomic E-state index is 12.6. The molecule has 0 saturated heterocycles. The average molecular weight is 280 g/mol. The average Bonchev–Trinajstić information content (AvgIpc) is 2.52. The molecule has 0 aliphatic carbocycles. The fraction of sp³-hybridized carbons (Fsp3) is 0.250. The van der Waals surface area contributed by atoms with Crippen LogP contribution in [0.4, 0.5) is 0 Å². The Balaban J connectivity index is 2.15. The second kappa shape index (κ2) is 5.44. The van der Waals surface area contributed by atoms with Gasteiger partial charge < -0.3 is 0 Å². The molecule has 3 aromatic heterocycles. The number of rotatable bonds is 3. The summed E-state index contributed by atoms with van der Waals surface area (Å²) in [6, 6.07) is 5.59. The molecule has 21 heavy (non-hydrogen) atoms. The van der Waals surface area contributed by atoms with E-state index in [1.807, 2.05) is 32.2 Å². The molecule has 0 bridgehead atoms. The molecule has 3 rings (SSSR count). The van der Waals surface area contributed by atoms with Crippen molar-refractivity contribution in [1.29, 1.82) is 0 Å². The summed E-state index contributed by atoms with van der Waals surface area (Å²) in [5.74, 6) is 0. The van der Waals surface area contributed by atoms with Crippen molar-refractivity contribution in [2.45, 2.75) is 26.3 Å². The largest absolute Gasteiger partial charge is 0.289 e. The van der Waals surface area contributed by atoms with Crippen LogP contribution in [0.2, 0.25) is 0 Å². The fourth-order valence-electron chi connectivity index (χ4n) is 2.43. The van der Waals surface area contributed by atoms with Crippen LogP contribution in [0, 0.1) is 6.92 Å². The Morgan fingerprint density at radius 1 is 1.19 bits per heavy atom. The Hall–Kier alpha value is -2.56. The predicted molar refractivity (Wildman–Crippen MR) is 81.2 cm³/mol. The van der Waals surface area contributed by atoms with E-state index in [1.165, 1.54) is 0 Å². The summed E-state index contributed by atoms with van der Waals surface area (Å²) in [5, 5.41) is 0.533. The number of hydrogen-bond donors (Lipinski definition) is 0. The first-order valence-electron chi connectivity index (χ1n) is 6.94. The zero-order valence-corrected chi connectivity index (χ0v) is 12.0. The van der Waals surface area contributed by atoms with Crippen molar-refractivity contribution < 1.29 is 0 Å². The molecule has 3 aromatic rings. The summed E-state index contributed by atoms with van der Waals surface area (Å²) >= 11 is 0. The summed E-state index contributed by atoms with van der Waals surface area (Å²) < 4.78 is 1.64. The van der Waals surface area contributed by atoms with Crippen LogP contribution in [-0.4, -0.2) is 19.5 Å². The van der Waals surface area contributed by atoms with Gasteiger partial charge in [-0.2, -0.15) is 0 Å². The molecule has 1 atom stereocenters. The molecule has 5 nitrogen and oxygen atoms in total. The van der Waals surface area contributed by atoms with E-state index in [4.69, 9.17) is 0 Å². The highest BCUT2D eigenvalue weighted by atomic mass is 16.1. The first-order valence-corrected chi connectivity index (χ1v) is 6.94. The molecular weight excluding hydrogens is 264 g/mol. The van der Waals surface area contributed by atoms with Gasteiger partial charge in [0.25, 0.3) is 5.56 Å². The summed E-state index contributed by atoms with van der Waals surface area (Å²) in [6.45, 7) is 4.03. The minimum absolute atomic E-state index is 0.0812. The Morgan fingerprint density at radius 3 is 2.76 bits per heavy atom. The number of hydrogen-bond acceptors (Lipinski definition) is 4. The van der Waals surface area contributed by atoms with E-state index in [1.54, 1.807) is 29.4 Å². The second-order valence-corrected chi connectivity index (χ2v) is 5.03. The van der Waals surface area contributed by atoms with E-state index < -0.39 is 0 Å². The topological polar surface area (TPSA) is 60.7 Å². The zero-order valence-electron chi connectivity index (χ0n) is 12.0. The highest BCUT2D eigenvalue weighted by Gasteiger charge is 2.16. The molecule has 0 spiro atoms. The molecule has 0 aromatic carbocycles. The van der Waals surface area contributed by atoms with Gasteiger partial charge in [0.1, 0.15) is 0 Å². The predicted octanol–water partition coefficient (Wildman–Crippen LogP) is 2.49. The molecular formula is C16H16N4O. The SMILES string of the molecule is CC[C@H](c1ccc(C)cn1)n1cnc2ccncc2c1=O. The minimum Gasteiger partial charge on any atom is -0.289 e. The Morgan fingerprint density at radius 2 is 2.05 bits per heavy atom. The van der Waals surface area contributed by atoms with Crippen molar-refractivity contribution >= 4 is 10.9 Å².